The number of allylic oxidation sites excluding steroid dienone is 11. The predicted molar refractivity (Wildman–Crippen MR) is 263 cm³/mol. The zero-order valence-corrected chi connectivity index (χ0v) is 40.9. The molecule has 9 N–H and O–H groups in total. The molecule has 0 aromatic heterocycles. The summed E-state index contributed by atoms with van der Waals surface area (Å²) in [6, 6.07) is -0.932. The Morgan fingerprint density at radius 2 is 1.04 bits per heavy atom. The Morgan fingerprint density at radius 3 is 1.64 bits per heavy atom. The maximum atomic E-state index is 13.1. The van der Waals surface area contributed by atoms with Crippen LogP contribution in [0.25, 0.3) is 0 Å². The Morgan fingerprint density at radius 1 is 0.552 bits per heavy atom. The molecule has 2 fully saturated rings. The van der Waals surface area contributed by atoms with Gasteiger partial charge in [0.05, 0.1) is 32.0 Å². The molecular formula is C53H91NO13. The molecule has 0 aliphatic carbocycles. The number of ether oxygens (including phenoxy) is 4. The summed E-state index contributed by atoms with van der Waals surface area (Å²) >= 11 is 0. The van der Waals surface area contributed by atoms with E-state index in [9.17, 15) is 45.6 Å². The van der Waals surface area contributed by atoms with Gasteiger partial charge in [-0.05, 0) is 64.2 Å². The maximum absolute atomic E-state index is 13.1. The average molecular weight is 950 g/mol. The molecule has 14 nitrogen and oxygen atoms in total. The molecule has 2 aliphatic heterocycles. The molecule has 2 heterocycles. The monoisotopic (exact) mass is 950 g/mol. The predicted octanol–water partition coefficient (Wildman–Crippen LogP) is 6.82. The van der Waals surface area contributed by atoms with Crippen molar-refractivity contribution in [1.29, 1.82) is 0 Å². The van der Waals surface area contributed by atoms with Gasteiger partial charge in [0.2, 0.25) is 5.91 Å². The van der Waals surface area contributed by atoms with Crippen LogP contribution in [0, 0.1) is 0 Å². The molecule has 386 valence electrons. The van der Waals surface area contributed by atoms with Crippen molar-refractivity contribution in [2.45, 2.75) is 235 Å². The Hall–Kier alpha value is -2.57. The van der Waals surface area contributed by atoms with E-state index in [-0.39, 0.29) is 18.9 Å². The number of carbonyl (C=O) groups is 1. The highest BCUT2D eigenvalue weighted by Crippen LogP contribution is 2.30. The van der Waals surface area contributed by atoms with Gasteiger partial charge < -0.3 is 65.1 Å². The van der Waals surface area contributed by atoms with Crippen LogP contribution in [0.1, 0.15) is 162 Å². The number of aliphatic hydroxyl groups excluding tert-OH is 8. The van der Waals surface area contributed by atoms with Crippen LogP contribution in [0.4, 0.5) is 0 Å². The van der Waals surface area contributed by atoms with E-state index in [4.69, 9.17) is 18.9 Å². The van der Waals surface area contributed by atoms with E-state index < -0.39 is 86.8 Å². The second-order valence-electron chi connectivity index (χ2n) is 17.9. The molecular weight excluding hydrogens is 859 g/mol. The van der Waals surface area contributed by atoms with Crippen molar-refractivity contribution in [1.82, 2.24) is 5.32 Å². The smallest absolute Gasteiger partial charge is 0.220 e. The Labute approximate surface area is 402 Å². The molecule has 2 aliphatic rings. The van der Waals surface area contributed by atoms with Crippen molar-refractivity contribution in [2.75, 3.05) is 19.8 Å². The molecule has 12 atom stereocenters. The van der Waals surface area contributed by atoms with Crippen LogP contribution >= 0.6 is 0 Å². The fraction of sp³-hybridized carbons (Fsp3) is 0.755. The first kappa shape index (κ1) is 60.6. The normalized spacial score (nSPS) is 27.2. The van der Waals surface area contributed by atoms with Crippen LogP contribution in [-0.4, -0.2) is 140 Å². The Balaban J connectivity index is 1.72. The zero-order chi connectivity index (χ0) is 48.9. The summed E-state index contributed by atoms with van der Waals surface area (Å²) in [5.41, 5.74) is 0. The van der Waals surface area contributed by atoms with Crippen molar-refractivity contribution >= 4 is 5.91 Å². The maximum Gasteiger partial charge on any atom is 0.220 e. The molecule has 2 saturated heterocycles. The van der Waals surface area contributed by atoms with Gasteiger partial charge in [0, 0.05) is 6.42 Å². The fourth-order valence-corrected chi connectivity index (χ4v) is 7.93. The zero-order valence-electron chi connectivity index (χ0n) is 40.9. The first-order valence-corrected chi connectivity index (χ1v) is 25.7. The topological polar surface area (TPSA) is 228 Å². The van der Waals surface area contributed by atoms with Gasteiger partial charge in [-0.2, -0.15) is 0 Å². The van der Waals surface area contributed by atoms with Crippen molar-refractivity contribution in [3.8, 4) is 0 Å². The molecule has 0 saturated carbocycles. The minimum atomic E-state index is -1.79. The molecule has 0 aromatic rings. The lowest BCUT2D eigenvalue weighted by atomic mass is 9.97. The Kier molecular flexibility index (Phi) is 35.4. The number of hydrogen-bond donors (Lipinski definition) is 9. The van der Waals surface area contributed by atoms with E-state index in [0.29, 0.717) is 12.8 Å². The number of carbonyl (C=O) groups excluding carboxylic acids is 1. The molecule has 0 spiro atoms. The summed E-state index contributed by atoms with van der Waals surface area (Å²) in [6.07, 6.45) is 32.6. The summed E-state index contributed by atoms with van der Waals surface area (Å²) in [7, 11) is 0. The van der Waals surface area contributed by atoms with E-state index in [1.807, 2.05) is 6.08 Å². The summed E-state index contributed by atoms with van der Waals surface area (Å²) < 4.78 is 22.6. The molecule has 1 amide bonds. The number of aliphatic hydroxyl groups is 8. The lowest BCUT2D eigenvalue weighted by Gasteiger charge is -2.46. The van der Waals surface area contributed by atoms with E-state index >= 15 is 0 Å². The third kappa shape index (κ3) is 26.3. The third-order valence-corrected chi connectivity index (χ3v) is 12.1. The van der Waals surface area contributed by atoms with Gasteiger partial charge >= 0.3 is 0 Å². The van der Waals surface area contributed by atoms with Gasteiger partial charge in [-0.15, -0.1) is 0 Å². The number of unbranched alkanes of at least 4 members (excludes halogenated alkanes) is 15. The van der Waals surface area contributed by atoms with E-state index in [0.717, 1.165) is 77.0 Å². The highest BCUT2D eigenvalue weighted by molar-refractivity contribution is 5.76. The second kappa shape index (κ2) is 39.2. The second-order valence-corrected chi connectivity index (χ2v) is 17.9. The van der Waals surface area contributed by atoms with Gasteiger partial charge in [0.25, 0.3) is 0 Å². The minimum absolute atomic E-state index is 0.259. The molecule has 0 bridgehead atoms. The highest BCUT2D eigenvalue weighted by atomic mass is 16.7. The van der Waals surface area contributed by atoms with Crippen molar-refractivity contribution in [3.63, 3.8) is 0 Å². The van der Waals surface area contributed by atoms with Crippen LogP contribution in [0.3, 0.4) is 0 Å². The summed E-state index contributed by atoms with van der Waals surface area (Å²) in [5, 5.41) is 86.4. The number of amides is 1. The molecule has 0 aromatic carbocycles. The number of nitrogens with one attached hydrogen (secondary N) is 1. The summed E-state index contributed by atoms with van der Waals surface area (Å²) in [5.74, 6) is -0.259. The van der Waals surface area contributed by atoms with E-state index in [1.165, 1.54) is 51.4 Å². The van der Waals surface area contributed by atoms with E-state index in [1.54, 1.807) is 6.08 Å². The largest absolute Gasteiger partial charge is 0.394 e. The van der Waals surface area contributed by atoms with Crippen LogP contribution in [-0.2, 0) is 23.7 Å². The van der Waals surface area contributed by atoms with Crippen LogP contribution in [0.5, 0.6) is 0 Å². The summed E-state index contributed by atoms with van der Waals surface area (Å²) in [4.78, 5) is 13.1. The van der Waals surface area contributed by atoms with Gasteiger partial charge in [0.15, 0.2) is 12.6 Å². The summed E-state index contributed by atoms with van der Waals surface area (Å²) in [6.45, 7) is 2.55. The van der Waals surface area contributed by atoms with Crippen LogP contribution in [0.2, 0.25) is 0 Å². The Bertz CT molecular complexity index is 1400. The molecule has 67 heavy (non-hydrogen) atoms. The quantitative estimate of drug-likeness (QED) is 0.0229. The molecule has 14 heteroatoms. The van der Waals surface area contributed by atoms with Gasteiger partial charge in [-0.1, -0.05) is 164 Å². The van der Waals surface area contributed by atoms with Crippen LogP contribution in [0.15, 0.2) is 72.9 Å². The highest BCUT2D eigenvalue weighted by Gasteiger charge is 2.51. The lowest BCUT2D eigenvalue weighted by molar-refractivity contribution is -0.359. The van der Waals surface area contributed by atoms with Gasteiger partial charge in [0.1, 0.15) is 48.8 Å². The van der Waals surface area contributed by atoms with Crippen LogP contribution < -0.4 is 5.32 Å². The third-order valence-electron chi connectivity index (χ3n) is 12.1. The molecule has 2 rings (SSSR count). The van der Waals surface area contributed by atoms with Crippen molar-refractivity contribution < 1.29 is 64.6 Å². The van der Waals surface area contributed by atoms with Gasteiger partial charge in [-0.25, -0.2) is 0 Å². The SMILES string of the molecule is CC/C=C\C/C=C\C/C=C\C/C=C\CCCCCCCCCCCCCCC(=O)NC(COC1OC(CO)C(OC2OC(CO)C(O)C(O)C2O)C(O)C1O)C(O)/C=C/CC/C=C/CCCC. The number of hydrogen-bond acceptors (Lipinski definition) is 13. The number of rotatable bonds is 38. The molecule has 0 radical (unpaired) electrons. The van der Waals surface area contributed by atoms with Crippen molar-refractivity contribution in [3.05, 3.63) is 72.9 Å². The fourth-order valence-electron chi connectivity index (χ4n) is 7.93. The first-order chi connectivity index (χ1) is 32.6. The lowest BCUT2D eigenvalue weighted by Crippen LogP contribution is -2.65. The van der Waals surface area contributed by atoms with E-state index in [2.05, 4.69) is 79.9 Å². The van der Waals surface area contributed by atoms with Crippen molar-refractivity contribution in [2.24, 2.45) is 0 Å². The minimum Gasteiger partial charge on any atom is -0.394 e. The van der Waals surface area contributed by atoms with Gasteiger partial charge in [-0.3, -0.25) is 4.79 Å². The standard InChI is InChI=1S/C53H91NO13/c1-3-5-7-9-11-13-14-15-16-17-18-19-20-21-22-23-24-25-26-27-28-29-31-33-35-37-45(58)54-41(42(57)36-34-32-30-12-10-8-6-4-2)40-64-52-50(63)48(61)51(44(39-56)66-52)67-53-49(62)47(60)46(59)43(38-55)65-53/h5,7,10-13,15-16,18-19,34,36,41-44,46-53,55-57,59-63H,3-4,6,8-9,14,17,20-33,35,37-40H2,1-2H3,(H,54,58)/b7-5-,12-10+,13-11-,16-15-,19-18-,36-34+. The average Bonchev–Trinajstić information content (AvgIpc) is 3.32. The first-order valence-electron chi connectivity index (χ1n) is 25.7. The molecule has 12 unspecified atom stereocenters.